The maximum absolute atomic E-state index is 11.2. The molecule has 0 saturated carbocycles. The molecule has 0 aliphatic carbocycles. The van der Waals surface area contributed by atoms with Crippen molar-refractivity contribution in [1.82, 2.24) is 4.57 Å². The fourth-order valence-corrected chi connectivity index (χ4v) is 1.18. The second-order valence-corrected chi connectivity index (χ2v) is 2.93. The van der Waals surface area contributed by atoms with Crippen LogP contribution >= 0.6 is 11.6 Å². The number of aliphatic hydroxyl groups is 1. The van der Waals surface area contributed by atoms with Crippen LogP contribution in [0.4, 0.5) is 5.69 Å². The van der Waals surface area contributed by atoms with E-state index in [1.807, 2.05) is 0 Å². The van der Waals surface area contributed by atoms with Crippen LogP contribution in [0.2, 0.25) is 5.02 Å². The van der Waals surface area contributed by atoms with Crippen LogP contribution in [-0.4, -0.2) is 21.2 Å². The van der Waals surface area contributed by atoms with E-state index in [9.17, 15) is 14.9 Å². The number of aliphatic hydroxyl groups excluding tert-OH is 1. The van der Waals surface area contributed by atoms with Gasteiger partial charge in [0, 0.05) is 12.6 Å². The summed E-state index contributed by atoms with van der Waals surface area (Å²) >= 11 is 5.48. The molecule has 0 atom stereocenters. The van der Waals surface area contributed by atoms with Gasteiger partial charge in [-0.2, -0.15) is 0 Å². The minimum Gasteiger partial charge on any atom is -0.395 e. The van der Waals surface area contributed by atoms with Gasteiger partial charge in [-0.15, -0.1) is 0 Å². The van der Waals surface area contributed by atoms with Gasteiger partial charge >= 0.3 is 0 Å². The van der Waals surface area contributed by atoms with Crippen molar-refractivity contribution in [2.75, 3.05) is 6.61 Å². The van der Waals surface area contributed by atoms with E-state index in [2.05, 4.69) is 0 Å². The Balaban J connectivity index is 3.28. The van der Waals surface area contributed by atoms with Crippen LogP contribution in [0.25, 0.3) is 0 Å². The van der Waals surface area contributed by atoms with Gasteiger partial charge in [-0.3, -0.25) is 14.9 Å². The molecule has 14 heavy (non-hydrogen) atoms. The van der Waals surface area contributed by atoms with E-state index in [0.29, 0.717) is 0 Å². The predicted octanol–water partition coefficient (Wildman–Crippen LogP) is 0.402. The van der Waals surface area contributed by atoms with Crippen molar-refractivity contribution < 1.29 is 10.0 Å². The maximum Gasteiger partial charge on any atom is 0.287 e. The Morgan fingerprint density at radius 1 is 1.64 bits per heavy atom. The number of nitro groups is 1. The van der Waals surface area contributed by atoms with Crippen LogP contribution in [0.5, 0.6) is 0 Å². The Bertz CT molecular complexity index is 415. The van der Waals surface area contributed by atoms with Crippen LogP contribution in [-0.2, 0) is 6.54 Å². The zero-order valence-corrected chi connectivity index (χ0v) is 7.77. The molecule has 0 aliphatic heterocycles. The molecule has 0 aromatic carbocycles. The lowest BCUT2D eigenvalue weighted by molar-refractivity contribution is -0.385. The van der Waals surface area contributed by atoms with Crippen molar-refractivity contribution >= 4 is 17.3 Å². The highest BCUT2D eigenvalue weighted by Gasteiger charge is 2.11. The van der Waals surface area contributed by atoms with Gasteiger partial charge in [0.05, 0.1) is 17.7 Å². The minimum atomic E-state index is -0.654. The molecular formula is C7H7ClN2O4. The van der Waals surface area contributed by atoms with Gasteiger partial charge in [0.25, 0.3) is 11.2 Å². The molecule has 0 bridgehead atoms. The Morgan fingerprint density at radius 2 is 2.29 bits per heavy atom. The number of rotatable bonds is 3. The highest BCUT2D eigenvalue weighted by atomic mass is 35.5. The molecule has 0 amide bonds. The monoisotopic (exact) mass is 218 g/mol. The first kappa shape index (κ1) is 10.7. The van der Waals surface area contributed by atoms with Gasteiger partial charge in [-0.25, -0.2) is 0 Å². The molecule has 1 heterocycles. The molecule has 0 spiro atoms. The molecular weight excluding hydrogens is 212 g/mol. The first-order chi connectivity index (χ1) is 6.56. The first-order valence-corrected chi connectivity index (χ1v) is 4.09. The Hall–Kier alpha value is -1.40. The summed E-state index contributed by atoms with van der Waals surface area (Å²) in [5, 5.41) is 18.8. The fourth-order valence-electron chi connectivity index (χ4n) is 0.958. The van der Waals surface area contributed by atoms with Crippen molar-refractivity contribution in [2.45, 2.75) is 6.54 Å². The van der Waals surface area contributed by atoms with Crippen LogP contribution in [0, 0.1) is 10.1 Å². The molecule has 0 aliphatic rings. The quantitative estimate of drug-likeness (QED) is 0.588. The van der Waals surface area contributed by atoms with E-state index >= 15 is 0 Å². The number of nitrogens with zero attached hydrogens (tertiary/aromatic N) is 2. The minimum absolute atomic E-state index is 0.0137. The molecule has 1 rings (SSSR count). The second kappa shape index (κ2) is 4.21. The average molecular weight is 219 g/mol. The largest absolute Gasteiger partial charge is 0.395 e. The van der Waals surface area contributed by atoms with E-state index < -0.39 is 10.5 Å². The van der Waals surface area contributed by atoms with Crippen molar-refractivity contribution in [1.29, 1.82) is 0 Å². The van der Waals surface area contributed by atoms with Gasteiger partial charge in [-0.05, 0) is 0 Å². The molecule has 0 fully saturated rings. The molecule has 6 nitrogen and oxygen atoms in total. The van der Waals surface area contributed by atoms with Gasteiger partial charge < -0.3 is 9.67 Å². The van der Waals surface area contributed by atoms with Crippen LogP contribution < -0.4 is 5.56 Å². The smallest absolute Gasteiger partial charge is 0.287 e. The number of aromatic nitrogens is 1. The number of halogens is 1. The normalized spacial score (nSPS) is 10.1. The van der Waals surface area contributed by atoms with Crippen LogP contribution in [0.3, 0.4) is 0 Å². The third-order valence-corrected chi connectivity index (χ3v) is 1.85. The van der Waals surface area contributed by atoms with Gasteiger partial charge in [0.2, 0.25) is 0 Å². The predicted molar refractivity (Wildman–Crippen MR) is 49.5 cm³/mol. The van der Waals surface area contributed by atoms with E-state index in [4.69, 9.17) is 16.7 Å². The summed E-state index contributed by atoms with van der Waals surface area (Å²) in [5.74, 6) is 0. The Kier molecular flexibility index (Phi) is 3.21. The third kappa shape index (κ3) is 2.09. The van der Waals surface area contributed by atoms with Crippen molar-refractivity contribution in [2.24, 2.45) is 0 Å². The lowest BCUT2D eigenvalue weighted by Crippen LogP contribution is -2.21. The van der Waals surface area contributed by atoms with Crippen molar-refractivity contribution in [3.63, 3.8) is 0 Å². The number of hydrogen-bond donors (Lipinski definition) is 1. The Morgan fingerprint density at radius 3 is 2.79 bits per heavy atom. The molecule has 0 radical (unpaired) electrons. The molecule has 1 N–H and O–H groups in total. The Labute approximate surface area is 83.5 Å². The first-order valence-electron chi connectivity index (χ1n) is 3.71. The maximum atomic E-state index is 11.2. The standard InChI is InChI=1S/C7H7ClN2O4/c8-6-3-5(10(13)14)4-9(1-2-11)7(6)12/h3-4,11H,1-2H2. The molecule has 7 heteroatoms. The van der Waals surface area contributed by atoms with Crippen LogP contribution in [0.15, 0.2) is 17.1 Å². The molecule has 1 aromatic heterocycles. The lowest BCUT2D eigenvalue weighted by atomic mass is 10.4. The van der Waals surface area contributed by atoms with Gasteiger partial charge in [0.15, 0.2) is 0 Å². The molecule has 0 saturated heterocycles. The topological polar surface area (TPSA) is 85.4 Å². The van der Waals surface area contributed by atoms with Gasteiger partial charge in [0.1, 0.15) is 5.02 Å². The molecule has 76 valence electrons. The van der Waals surface area contributed by atoms with E-state index in [1.54, 1.807) is 0 Å². The number of pyridine rings is 1. The summed E-state index contributed by atoms with van der Waals surface area (Å²) < 4.78 is 1.00. The highest BCUT2D eigenvalue weighted by Crippen LogP contribution is 2.13. The summed E-state index contributed by atoms with van der Waals surface area (Å²) in [6.07, 6.45) is 1.05. The summed E-state index contributed by atoms with van der Waals surface area (Å²) in [7, 11) is 0. The number of hydrogen-bond acceptors (Lipinski definition) is 4. The SMILES string of the molecule is O=c1c(Cl)cc([N+](=O)[O-])cn1CCO. The van der Waals surface area contributed by atoms with Gasteiger partial charge in [-0.1, -0.05) is 11.6 Å². The summed E-state index contributed by atoms with van der Waals surface area (Å²) in [4.78, 5) is 21.0. The van der Waals surface area contributed by atoms with E-state index in [-0.39, 0.29) is 23.9 Å². The summed E-state index contributed by atoms with van der Waals surface area (Å²) in [6.45, 7) is -0.294. The summed E-state index contributed by atoms with van der Waals surface area (Å²) in [5.41, 5.74) is -0.825. The lowest BCUT2D eigenvalue weighted by Gasteiger charge is -2.02. The molecule has 1 aromatic rings. The van der Waals surface area contributed by atoms with Crippen LogP contribution in [0.1, 0.15) is 0 Å². The van der Waals surface area contributed by atoms with Crippen molar-refractivity contribution in [3.05, 3.63) is 37.8 Å². The van der Waals surface area contributed by atoms with E-state index in [0.717, 1.165) is 16.8 Å². The fraction of sp³-hybridized carbons (Fsp3) is 0.286. The zero-order chi connectivity index (χ0) is 10.7. The van der Waals surface area contributed by atoms with Crippen molar-refractivity contribution in [3.8, 4) is 0 Å². The highest BCUT2D eigenvalue weighted by molar-refractivity contribution is 6.30. The average Bonchev–Trinajstić information content (AvgIpc) is 2.12. The summed E-state index contributed by atoms with van der Waals surface area (Å²) in [6, 6.07) is 0.984. The molecule has 0 unspecified atom stereocenters. The zero-order valence-electron chi connectivity index (χ0n) is 7.01. The third-order valence-electron chi connectivity index (χ3n) is 1.58. The second-order valence-electron chi connectivity index (χ2n) is 2.53. The van der Waals surface area contributed by atoms with E-state index in [1.165, 1.54) is 0 Å².